The zero-order valence-corrected chi connectivity index (χ0v) is 16.9. The number of likely N-dealkylation sites (N-methyl/N-ethyl adjacent to an activating group) is 1. The number of aromatic nitrogens is 2. The fraction of sp³-hybridized carbons (Fsp3) is 0.500. The third-order valence-electron chi connectivity index (χ3n) is 3.45. The van der Waals surface area contributed by atoms with E-state index in [1.165, 1.54) is 11.3 Å². The van der Waals surface area contributed by atoms with Crippen LogP contribution in [0, 0.1) is 0 Å². The van der Waals surface area contributed by atoms with E-state index in [-0.39, 0.29) is 12.0 Å². The minimum Gasteiger partial charge on any atom is -0.476 e. The highest BCUT2D eigenvalue weighted by atomic mass is 32.1. The Hall–Kier alpha value is -2.23. The number of carbonyl (C=O) groups is 1. The van der Waals surface area contributed by atoms with E-state index in [9.17, 15) is 4.79 Å². The van der Waals surface area contributed by atoms with Crippen LogP contribution in [0.5, 0.6) is 11.8 Å². The van der Waals surface area contributed by atoms with Crippen molar-refractivity contribution in [1.29, 1.82) is 0 Å². The molecule has 0 aliphatic carbocycles. The van der Waals surface area contributed by atoms with Crippen molar-refractivity contribution in [2.24, 2.45) is 0 Å². The third-order valence-corrected chi connectivity index (χ3v) is 4.14. The SMILES string of the molecule is COCCN(C)CCOc1cc(C(=O)Nc2nccs2)cc(OC(C)C)n1. The number of hydrogen-bond acceptors (Lipinski definition) is 8. The van der Waals surface area contributed by atoms with E-state index in [1.807, 2.05) is 20.9 Å². The molecule has 2 aromatic heterocycles. The van der Waals surface area contributed by atoms with Gasteiger partial charge in [-0.05, 0) is 20.9 Å². The minimum absolute atomic E-state index is 0.0669. The first-order chi connectivity index (χ1) is 13.0. The van der Waals surface area contributed by atoms with E-state index in [1.54, 1.807) is 30.8 Å². The lowest BCUT2D eigenvalue weighted by Crippen LogP contribution is -2.27. The monoisotopic (exact) mass is 394 g/mol. The van der Waals surface area contributed by atoms with Crippen LogP contribution in [-0.4, -0.2) is 67.3 Å². The van der Waals surface area contributed by atoms with Gasteiger partial charge in [0.1, 0.15) is 6.61 Å². The van der Waals surface area contributed by atoms with Crippen LogP contribution in [0.25, 0.3) is 0 Å². The summed E-state index contributed by atoms with van der Waals surface area (Å²) in [6, 6.07) is 3.20. The number of anilines is 1. The third kappa shape index (κ3) is 7.49. The average Bonchev–Trinajstić information content (AvgIpc) is 3.12. The van der Waals surface area contributed by atoms with Gasteiger partial charge >= 0.3 is 0 Å². The van der Waals surface area contributed by atoms with Crippen molar-refractivity contribution >= 4 is 22.4 Å². The lowest BCUT2D eigenvalue weighted by molar-refractivity contribution is 0.102. The molecule has 8 nitrogen and oxygen atoms in total. The molecule has 0 saturated carbocycles. The molecule has 0 radical (unpaired) electrons. The van der Waals surface area contributed by atoms with Crippen LogP contribution in [0.3, 0.4) is 0 Å². The predicted molar refractivity (Wildman–Crippen MR) is 105 cm³/mol. The summed E-state index contributed by atoms with van der Waals surface area (Å²) in [6.07, 6.45) is 1.57. The van der Waals surface area contributed by atoms with E-state index in [4.69, 9.17) is 14.2 Å². The number of hydrogen-bond donors (Lipinski definition) is 1. The molecular weight excluding hydrogens is 368 g/mol. The maximum atomic E-state index is 12.5. The van der Waals surface area contributed by atoms with E-state index >= 15 is 0 Å². The van der Waals surface area contributed by atoms with E-state index in [0.29, 0.717) is 42.2 Å². The van der Waals surface area contributed by atoms with Gasteiger partial charge in [0, 0.05) is 43.9 Å². The van der Waals surface area contributed by atoms with Crippen molar-refractivity contribution in [3.05, 3.63) is 29.3 Å². The fourth-order valence-corrected chi connectivity index (χ4v) is 2.63. The molecule has 27 heavy (non-hydrogen) atoms. The second-order valence-electron chi connectivity index (χ2n) is 6.13. The lowest BCUT2D eigenvalue weighted by atomic mass is 10.2. The van der Waals surface area contributed by atoms with Crippen LogP contribution in [-0.2, 0) is 4.74 Å². The number of pyridine rings is 1. The minimum atomic E-state index is -0.289. The zero-order valence-electron chi connectivity index (χ0n) is 16.1. The van der Waals surface area contributed by atoms with Crippen molar-refractivity contribution in [2.75, 3.05) is 45.8 Å². The molecule has 2 heterocycles. The molecule has 148 valence electrons. The van der Waals surface area contributed by atoms with E-state index in [0.717, 1.165) is 6.54 Å². The molecule has 0 aromatic carbocycles. The van der Waals surface area contributed by atoms with Gasteiger partial charge in [-0.15, -0.1) is 11.3 Å². The first-order valence-corrected chi connectivity index (χ1v) is 9.55. The van der Waals surface area contributed by atoms with Crippen LogP contribution < -0.4 is 14.8 Å². The normalized spacial score (nSPS) is 11.0. The lowest BCUT2D eigenvalue weighted by Gasteiger charge is -2.17. The van der Waals surface area contributed by atoms with Crippen LogP contribution >= 0.6 is 11.3 Å². The molecule has 0 aliphatic heterocycles. The molecule has 0 atom stereocenters. The first-order valence-electron chi connectivity index (χ1n) is 8.67. The van der Waals surface area contributed by atoms with Crippen molar-refractivity contribution in [3.63, 3.8) is 0 Å². The maximum Gasteiger partial charge on any atom is 0.257 e. The molecule has 9 heteroatoms. The van der Waals surface area contributed by atoms with Gasteiger partial charge in [-0.1, -0.05) is 0 Å². The number of nitrogens with zero attached hydrogens (tertiary/aromatic N) is 3. The highest BCUT2D eigenvalue weighted by Gasteiger charge is 2.14. The molecular formula is C18H26N4O4S. The van der Waals surface area contributed by atoms with Crippen molar-refractivity contribution < 1.29 is 19.0 Å². The number of ether oxygens (including phenoxy) is 3. The molecule has 0 saturated heterocycles. The Labute approximate surface area is 163 Å². The second kappa shape index (κ2) is 10.8. The van der Waals surface area contributed by atoms with Gasteiger partial charge < -0.3 is 19.1 Å². The van der Waals surface area contributed by atoms with E-state index in [2.05, 4.69) is 20.2 Å². The van der Waals surface area contributed by atoms with Gasteiger partial charge in [-0.3, -0.25) is 10.1 Å². The van der Waals surface area contributed by atoms with Gasteiger partial charge in [0.2, 0.25) is 11.8 Å². The number of methoxy groups -OCH3 is 1. The Morgan fingerprint density at radius 2 is 2.00 bits per heavy atom. The van der Waals surface area contributed by atoms with Crippen LogP contribution in [0.1, 0.15) is 24.2 Å². The van der Waals surface area contributed by atoms with Gasteiger partial charge in [0.25, 0.3) is 5.91 Å². The van der Waals surface area contributed by atoms with Crippen LogP contribution in [0.4, 0.5) is 5.13 Å². The molecule has 1 amide bonds. The predicted octanol–water partition coefficient (Wildman–Crippen LogP) is 2.53. The van der Waals surface area contributed by atoms with Gasteiger partial charge in [0.05, 0.1) is 18.3 Å². The summed E-state index contributed by atoms with van der Waals surface area (Å²) >= 11 is 1.35. The molecule has 0 unspecified atom stereocenters. The quantitative estimate of drug-likeness (QED) is 0.627. The van der Waals surface area contributed by atoms with Crippen LogP contribution in [0.2, 0.25) is 0 Å². The topological polar surface area (TPSA) is 85.8 Å². The molecule has 2 rings (SSSR count). The summed E-state index contributed by atoms with van der Waals surface area (Å²) in [5, 5.41) is 5.08. The summed E-state index contributed by atoms with van der Waals surface area (Å²) in [5.41, 5.74) is 0.401. The number of carbonyl (C=O) groups excluding carboxylic acids is 1. The number of rotatable bonds is 11. The zero-order chi connectivity index (χ0) is 19.6. The molecule has 0 aliphatic rings. The molecule has 1 N–H and O–H groups in total. The highest BCUT2D eigenvalue weighted by molar-refractivity contribution is 7.13. The molecule has 0 fully saturated rings. The Morgan fingerprint density at radius 3 is 2.67 bits per heavy atom. The van der Waals surface area contributed by atoms with Gasteiger partial charge in [-0.2, -0.15) is 4.98 Å². The fourth-order valence-electron chi connectivity index (χ4n) is 2.11. The number of thiazole rings is 1. The largest absolute Gasteiger partial charge is 0.476 e. The van der Waals surface area contributed by atoms with E-state index < -0.39 is 0 Å². The highest BCUT2D eigenvalue weighted by Crippen LogP contribution is 2.21. The average molecular weight is 394 g/mol. The Balaban J connectivity index is 2.05. The Kier molecular flexibility index (Phi) is 8.43. The van der Waals surface area contributed by atoms with Gasteiger partial charge in [0.15, 0.2) is 5.13 Å². The number of amides is 1. The standard InChI is InChI=1S/C18H26N4O4S/c1-13(2)26-16-12-14(17(23)21-18-19-5-10-27-18)11-15(20-16)25-9-7-22(3)6-8-24-4/h5,10-13H,6-9H2,1-4H3,(H,19,21,23). The maximum absolute atomic E-state index is 12.5. The summed E-state index contributed by atoms with van der Waals surface area (Å²) < 4.78 is 16.4. The van der Waals surface area contributed by atoms with Crippen LogP contribution in [0.15, 0.2) is 23.7 Å². The first kappa shape index (κ1) is 21.1. The summed E-state index contributed by atoms with van der Waals surface area (Å²) in [6.45, 7) is 6.41. The molecule has 0 bridgehead atoms. The van der Waals surface area contributed by atoms with Crippen molar-refractivity contribution in [3.8, 4) is 11.8 Å². The molecule has 0 spiro atoms. The summed E-state index contributed by atoms with van der Waals surface area (Å²) in [5.74, 6) is 0.403. The van der Waals surface area contributed by atoms with Crippen molar-refractivity contribution in [1.82, 2.24) is 14.9 Å². The Morgan fingerprint density at radius 1 is 1.26 bits per heavy atom. The van der Waals surface area contributed by atoms with Crippen molar-refractivity contribution in [2.45, 2.75) is 20.0 Å². The second-order valence-corrected chi connectivity index (χ2v) is 7.03. The summed E-state index contributed by atoms with van der Waals surface area (Å²) in [4.78, 5) is 23.0. The number of nitrogens with one attached hydrogen (secondary N) is 1. The summed E-state index contributed by atoms with van der Waals surface area (Å²) in [7, 11) is 3.66. The van der Waals surface area contributed by atoms with Gasteiger partial charge in [-0.25, -0.2) is 4.98 Å². The Bertz CT molecular complexity index is 709. The smallest absolute Gasteiger partial charge is 0.257 e. The molecule has 2 aromatic rings.